The summed E-state index contributed by atoms with van der Waals surface area (Å²) in [5.74, 6) is -0.282. The molecule has 0 amide bonds. The smallest absolute Gasteiger partial charge is 0.309 e. The topological polar surface area (TPSA) is 84.2 Å². The Morgan fingerprint density at radius 2 is 1.48 bits per heavy atom. The first-order valence-corrected chi connectivity index (χ1v) is 21.6. The molecule has 0 bridgehead atoms. The Kier molecular flexibility index (Phi) is 11.6. The van der Waals surface area contributed by atoms with Crippen LogP contribution in [-0.4, -0.2) is 51.9 Å². The molecule has 56 heavy (non-hydrogen) atoms. The molecule has 3 aromatic rings. The highest BCUT2D eigenvalue weighted by atomic mass is 35.5. The maximum atomic E-state index is 12.3. The SMILES string of the molecule is CCN(CC)C(C)CN1c2ccccc2Sc2ccccc21.Cc1c(O)c(O)cc2c1CC=C1C2(C)CCC2(C)C3CC(C)(C(=O)O)CCC3(C)CCC12C.Cl. The van der Waals surface area contributed by atoms with Gasteiger partial charge in [-0.3, -0.25) is 9.69 Å². The second-order valence-corrected chi connectivity index (χ2v) is 19.9. The molecule has 8 rings (SSSR count). The quantitative estimate of drug-likeness (QED) is 0.169. The number of allylic oxidation sites excluding steroid dienone is 2. The zero-order valence-electron chi connectivity index (χ0n) is 35.2. The Morgan fingerprint density at radius 3 is 2.07 bits per heavy atom. The van der Waals surface area contributed by atoms with Gasteiger partial charge in [0.1, 0.15) is 0 Å². The number of nitrogens with zero attached hydrogens (tertiary/aromatic N) is 2. The van der Waals surface area contributed by atoms with Crippen LogP contribution in [0.2, 0.25) is 0 Å². The number of likely N-dealkylation sites (N-methyl/N-ethyl adjacent to an activating group) is 1. The van der Waals surface area contributed by atoms with E-state index in [4.69, 9.17) is 0 Å². The monoisotopic (exact) mass is 800 g/mol. The summed E-state index contributed by atoms with van der Waals surface area (Å²) < 4.78 is 0. The van der Waals surface area contributed by atoms with E-state index in [1.165, 1.54) is 32.3 Å². The molecule has 6 nitrogen and oxygen atoms in total. The van der Waals surface area contributed by atoms with Crippen molar-refractivity contribution in [3.8, 4) is 11.5 Å². The number of aromatic hydroxyl groups is 2. The average molecular weight is 802 g/mol. The minimum Gasteiger partial charge on any atom is -0.504 e. The van der Waals surface area contributed by atoms with Crippen LogP contribution in [-0.2, 0) is 16.6 Å². The predicted molar refractivity (Wildman–Crippen MR) is 233 cm³/mol. The van der Waals surface area contributed by atoms with E-state index in [-0.39, 0.29) is 45.6 Å². The van der Waals surface area contributed by atoms with E-state index in [0.717, 1.165) is 82.1 Å². The zero-order valence-corrected chi connectivity index (χ0v) is 36.8. The summed E-state index contributed by atoms with van der Waals surface area (Å²) in [6.07, 6.45) is 10.0. The number of para-hydroxylation sites is 2. The van der Waals surface area contributed by atoms with Gasteiger partial charge >= 0.3 is 5.97 Å². The lowest BCUT2D eigenvalue weighted by atomic mass is 9.34. The molecule has 0 saturated heterocycles. The summed E-state index contributed by atoms with van der Waals surface area (Å²) in [6.45, 7) is 23.6. The van der Waals surface area contributed by atoms with Gasteiger partial charge in [-0.1, -0.05) is 89.2 Å². The van der Waals surface area contributed by atoms with Crippen LogP contribution in [0.3, 0.4) is 0 Å². The summed E-state index contributed by atoms with van der Waals surface area (Å²) in [5.41, 5.74) is 6.68. The molecule has 304 valence electrons. The van der Waals surface area contributed by atoms with Crippen LogP contribution in [0, 0.1) is 34.5 Å². The van der Waals surface area contributed by atoms with Crippen LogP contribution in [0.15, 0.2) is 76.0 Å². The number of halogens is 1. The van der Waals surface area contributed by atoms with Crippen molar-refractivity contribution in [1.82, 2.24) is 4.90 Å². The number of phenolic OH excluding ortho intramolecular Hbond substituents is 2. The number of benzene rings is 3. The first-order valence-electron chi connectivity index (χ1n) is 20.8. The first kappa shape index (κ1) is 42.5. The average Bonchev–Trinajstić information content (AvgIpc) is 3.16. The number of aliphatic carboxylic acids is 1. The highest BCUT2D eigenvalue weighted by Crippen LogP contribution is 2.74. The minimum absolute atomic E-state index is 0. The van der Waals surface area contributed by atoms with Gasteiger partial charge in [0.25, 0.3) is 0 Å². The van der Waals surface area contributed by atoms with Crippen LogP contribution in [0.25, 0.3) is 0 Å². The van der Waals surface area contributed by atoms with E-state index in [0.29, 0.717) is 12.0 Å². The van der Waals surface area contributed by atoms with E-state index in [1.54, 1.807) is 0 Å². The molecule has 8 heteroatoms. The summed E-state index contributed by atoms with van der Waals surface area (Å²) in [4.78, 5) is 20.0. The third-order valence-corrected chi connectivity index (χ3v) is 17.1. The predicted octanol–water partition coefficient (Wildman–Crippen LogP) is 12.1. The number of phenols is 2. The van der Waals surface area contributed by atoms with E-state index < -0.39 is 11.4 Å². The number of carbonyl (C=O) groups is 1. The molecule has 1 heterocycles. The van der Waals surface area contributed by atoms with Gasteiger partial charge in [0, 0.05) is 27.8 Å². The molecular formula is C48H65ClN2O4S. The van der Waals surface area contributed by atoms with Crippen LogP contribution in [0.4, 0.5) is 11.4 Å². The molecule has 3 aromatic carbocycles. The number of carboxylic acids is 1. The molecule has 7 atom stereocenters. The fourth-order valence-electron chi connectivity index (χ4n) is 12.1. The van der Waals surface area contributed by atoms with Crippen LogP contribution < -0.4 is 4.90 Å². The number of anilines is 2. The van der Waals surface area contributed by atoms with Gasteiger partial charge in [0.05, 0.1) is 16.8 Å². The van der Waals surface area contributed by atoms with Crippen LogP contribution >= 0.6 is 24.2 Å². The number of hydrogen-bond acceptors (Lipinski definition) is 6. The van der Waals surface area contributed by atoms with Crippen molar-refractivity contribution in [2.45, 2.75) is 135 Å². The number of fused-ring (bicyclic) bond motifs is 9. The van der Waals surface area contributed by atoms with Crippen LogP contribution in [0.1, 0.15) is 117 Å². The van der Waals surface area contributed by atoms with E-state index >= 15 is 0 Å². The van der Waals surface area contributed by atoms with Crippen molar-refractivity contribution in [3.05, 3.63) is 82.9 Å². The zero-order chi connectivity index (χ0) is 39.7. The highest BCUT2D eigenvalue weighted by molar-refractivity contribution is 7.99. The second kappa shape index (κ2) is 15.2. The van der Waals surface area contributed by atoms with Gasteiger partial charge in [-0.25, -0.2) is 0 Å². The lowest BCUT2D eigenvalue weighted by Gasteiger charge is -2.69. The third kappa shape index (κ3) is 6.56. The fraction of sp³-hybridized carbons (Fsp3) is 0.562. The molecule has 1 aliphatic heterocycles. The maximum absolute atomic E-state index is 12.3. The van der Waals surface area contributed by atoms with Crippen molar-refractivity contribution < 1.29 is 20.1 Å². The third-order valence-electron chi connectivity index (χ3n) is 16.0. The van der Waals surface area contributed by atoms with Crippen molar-refractivity contribution in [1.29, 1.82) is 0 Å². The Morgan fingerprint density at radius 1 is 0.893 bits per heavy atom. The summed E-state index contributed by atoms with van der Waals surface area (Å²) in [5, 5.41) is 30.9. The number of hydrogen-bond donors (Lipinski definition) is 3. The van der Waals surface area contributed by atoms with Gasteiger partial charge in [0.2, 0.25) is 0 Å². The van der Waals surface area contributed by atoms with Gasteiger partial charge in [0.15, 0.2) is 11.5 Å². The Bertz CT molecular complexity index is 1970. The molecule has 3 saturated carbocycles. The van der Waals surface area contributed by atoms with Gasteiger partial charge in [-0.2, -0.15) is 0 Å². The Hall–Kier alpha value is -3.13. The molecule has 0 aromatic heterocycles. The van der Waals surface area contributed by atoms with Crippen molar-refractivity contribution in [2.75, 3.05) is 24.5 Å². The fourth-order valence-corrected chi connectivity index (χ4v) is 13.2. The number of rotatable bonds is 6. The van der Waals surface area contributed by atoms with E-state index in [1.807, 2.05) is 31.7 Å². The van der Waals surface area contributed by atoms with Crippen LogP contribution in [0.5, 0.6) is 11.5 Å². The maximum Gasteiger partial charge on any atom is 0.309 e. The lowest BCUT2D eigenvalue weighted by molar-refractivity contribution is -0.177. The molecule has 5 aliphatic rings. The number of carboxylic acid groups (broad SMARTS) is 1. The Labute approximate surface area is 346 Å². The van der Waals surface area contributed by atoms with Gasteiger partial charge in [-0.15, -0.1) is 12.4 Å². The lowest BCUT2D eigenvalue weighted by Crippen LogP contribution is -2.62. The normalized spacial score (nSPS) is 31.7. The molecule has 3 N–H and O–H groups in total. The second-order valence-electron chi connectivity index (χ2n) is 18.8. The minimum atomic E-state index is -0.641. The largest absolute Gasteiger partial charge is 0.504 e. The molecule has 0 radical (unpaired) electrons. The van der Waals surface area contributed by atoms with E-state index in [2.05, 4.69) is 113 Å². The van der Waals surface area contributed by atoms with Crippen molar-refractivity contribution in [2.24, 2.45) is 27.6 Å². The highest BCUT2D eigenvalue weighted by Gasteiger charge is 2.67. The summed E-state index contributed by atoms with van der Waals surface area (Å²) in [7, 11) is 0. The first-order chi connectivity index (χ1) is 26.0. The Balaban J connectivity index is 0.000000202. The summed E-state index contributed by atoms with van der Waals surface area (Å²) in [6, 6.07) is 19.8. The molecule has 0 spiro atoms. The molecule has 3 fully saturated rings. The molecule has 4 aliphatic carbocycles. The van der Waals surface area contributed by atoms with Gasteiger partial charge < -0.3 is 20.2 Å². The molecule has 7 unspecified atom stereocenters. The van der Waals surface area contributed by atoms with Gasteiger partial charge in [-0.05, 0) is 154 Å². The van der Waals surface area contributed by atoms with E-state index in [9.17, 15) is 20.1 Å². The summed E-state index contributed by atoms with van der Waals surface area (Å²) >= 11 is 1.88. The van der Waals surface area contributed by atoms with Crippen molar-refractivity contribution >= 4 is 41.5 Å². The molecular weight excluding hydrogens is 736 g/mol. The van der Waals surface area contributed by atoms with Crippen molar-refractivity contribution in [3.63, 3.8) is 0 Å². The standard InChI is InChI=1S/C29H40O4.C19H24N2S.ClH/c1-17-18-7-8-21-27(4,19(18)15-20(30)23(17)31)12-14-29(6)22-16-26(3,24(32)33)10-9-25(22,2)11-13-28(21,29)5;1-4-20(5-2)15(3)14-21-16-10-6-8-12-18(16)22-19-13-9-7-11-17(19)21;/h8,15,22,30-31H,7,9-14,16H2,1-6H3,(H,32,33);6-13,15H,4-5,14H2,1-3H3;1H.